The van der Waals surface area contributed by atoms with Crippen LogP contribution in [0.25, 0.3) is 21.8 Å². The molecule has 1 aliphatic heterocycles. The Morgan fingerprint density at radius 2 is 2.03 bits per heavy atom. The lowest BCUT2D eigenvalue weighted by atomic mass is 10.1. The molecule has 0 saturated carbocycles. The number of rotatable bonds is 5. The van der Waals surface area contributed by atoms with E-state index in [0.717, 1.165) is 4.31 Å². The van der Waals surface area contributed by atoms with Gasteiger partial charge in [0.1, 0.15) is 23.2 Å². The third kappa shape index (κ3) is 4.23. The first-order chi connectivity index (χ1) is 17.2. The number of esters is 1. The molecule has 2 aromatic carbocycles. The van der Waals surface area contributed by atoms with Gasteiger partial charge in [-0.1, -0.05) is 17.7 Å². The standard InChI is InChI=1S/C23H21ClN6O5S/c1-35-23(32)19-10-29(36(33,34)20-8-14-7-15(24)3-5-17(14)28-20)11-21(31)30(19)9-13-2-4-16-18(6-13)26-12-27-22(16)25/h2-8,12,19,28H,9-11H2,1H3,(H2,25,26,27). The van der Waals surface area contributed by atoms with Gasteiger partial charge in [-0.15, -0.1) is 0 Å². The number of methoxy groups -OCH3 is 1. The number of hydrogen-bond donors (Lipinski definition) is 2. The highest BCUT2D eigenvalue weighted by Gasteiger charge is 2.42. The van der Waals surface area contributed by atoms with Gasteiger partial charge in [-0.2, -0.15) is 4.31 Å². The lowest BCUT2D eigenvalue weighted by Crippen LogP contribution is -2.60. The monoisotopic (exact) mass is 528 g/mol. The molecule has 1 aliphatic rings. The van der Waals surface area contributed by atoms with Crippen LogP contribution in [-0.2, 0) is 30.9 Å². The molecule has 1 unspecified atom stereocenters. The molecular weight excluding hydrogens is 508 g/mol. The summed E-state index contributed by atoms with van der Waals surface area (Å²) in [5.41, 5.74) is 7.73. The second kappa shape index (κ2) is 9.04. The van der Waals surface area contributed by atoms with Crippen LogP contribution in [0.15, 0.2) is 53.8 Å². The number of nitrogens with two attached hydrogens (primary N) is 1. The fraction of sp³-hybridized carbons (Fsp3) is 0.217. The van der Waals surface area contributed by atoms with Crippen molar-refractivity contribution in [1.29, 1.82) is 0 Å². The number of nitrogen functional groups attached to an aromatic ring is 1. The molecule has 3 N–H and O–H groups in total. The van der Waals surface area contributed by atoms with Crippen molar-refractivity contribution in [3.8, 4) is 0 Å². The van der Waals surface area contributed by atoms with E-state index in [2.05, 4.69) is 15.0 Å². The van der Waals surface area contributed by atoms with E-state index in [-0.39, 0.29) is 18.1 Å². The number of aromatic amines is 1. The summed E-state index contributed by atoms with van der Waals surface area (Å²) in [7, 11) is -2.94. The SMILES string of the molecule is COC(=O)C1CN(S(=O)(=O)c2cc3cc(Cl)ccc3[nH]2)CC(=O)N1Cc1ccc2c(N)ncnc2c1. The Morgan fingerprint density at radius 3 is 2.81 bits per heavy atom. The average Bonchev–Trinajstić information content (AvgIpc) is 3.29. The molecule has 0 spiro atoms. The number of carbonyl (C=O) groups is 2. The average molecular weight is 529 g/mol. The van der Waals surface area contributed by atoms with Crippen molar-refractivity contribution in [3.05, 3.63) is 59.4 Å². The van der Waals surface area contributed by atoms with Crippen LogP contribution in [0.4, 0.5) is 5.82 Å². The van der Waals surface area contributed by atoms with Gasteiger partial charge in [0.05, 0.1) is 19.2 Å². The van der Waals surface area contributed by atoms with Crippen LogP contribution in [0.3, 0.4) is 0 Å². The maximum Gasteiger partial charge on any atom is 0.329 e. The Morgan fingerprint density at radius 1 is 1.22 bits per heavy atom. The Kier molecular flexibility index (Phi) is 6.02. The number of nitrogens with one attached hydrogen (secondary N) is 1. The normalized spacial score (nSPS) is 17.1. The van der Waals surface area contributed by atoms with Crippen molar-refractivity contribution in [1.82, 2.24) is 24.2 Å². The van der Waals surface area contributed by atoms with Crippen molar-refractivity contribution in [2.24, 2.45) is 0 Å². The van der Waals surface area contributed by atoms with Crippen LogP contribution in [0.2, 0.25) is 5.02 Å². The second-order valence-corrected chi connectivity index (χ2v) is 10.7. The molecular formula is C23H21ClN6O5S. The van der Waals surface area contributed by atoms with Crippen molar-refractivity contribution < 1.29 is 22.7 Å². The van der Waals surface area contributed by atoms with Gasteiger partial charge < -0.3 is 20.4 Å². The summed E-state index contributed by atoms with van der Waals surface area (Å²) in [5.74, 6) is -0.936. The number of aromatic nitrogens is 3. The Labute approximate surface area is 210 Å². The molecule has 1 atom stereocenters. The van der Waals surface area contributed by atoms with Crippen molar-refractivity contribution in [2.75, 3.05) is 25.9 Å². The number of ether oxygens (including phenoxy) is 1. The van der Waals surface area contributed by atoms with E-state index in [4.69, 9.17) is 22.1 Å². The zero-order chi connectivity index (χ0) is 25.6. The number of sulfonamides is 1. The minimum atomic E-state index is -4.13. The minimum Gasteiger partial charge on any atom is -0.467 e. The highest BCUT2D eigenvalue weighted by Crippen LogP contribution is 2.27. The molecule has 2 aromatic heterocycles. The molecule has 0 aliphatic carbocycles. The Balaban J connectivity index is 1.44. The van der Waals surface area contributed by atoms with Gasteiger partial charge in [0.15, 0.2) is 0 Å². The number of H-pyrrole nitrogens is 1. The number of amides is 1. The Hall–Kier alpha value is -3.74. The molecule has 3 heterocycles. The van der Waals surface area contributed by atoms with E-state index in [0.29, 0.717) is 38.2 Å². The summed E-state index contributed by atoms with van der Waals surface area (Å²) in [4.78, 5) is 38.2. The van der Waals surface area contributed by atoms with Gasteiger partial charge in [0.25, 0.3) is 10.0 Å². The lowest BCUT2D eigenvalue weighted by molar-refractivity contribution is -0.157. The van der Waals surface area contributed by atoms with Crippen molar-refractivity contribution >= 4 is 61.1 Å². The summed E-state index contributed by atoms with van der Waals surface area (Å²) >= 11 is 6.01. The topological polar surface area (TPSA) is 152 Å². The molecule has 4 aromatic rings. The number of hydrogen-bond acceptors (Lipinski definition) is 8. The first kappa shape index (κ1) is 24.0. The van der Waals surface area contributed by atoms with E-state index < -0.39 is 34.5 Å². The van der Waals surface area contributed by atoms with Crippen LogP contribution in [-0.4, -0.2) is 70.7 Å². The van der Waals surface area contributed by atoms with Crippen molar-refractivity contribution in [3.63, 3.8) is 0 Å². The van der Waals surface area contributed by atoms with Crippen LogP contribution in [0, 0.1) is 0 Å². The van der Waals surface area contributed by atoms with E-state index >= 15 is 0 Å². The van der Waals surface area contributed by atoms with E-state index in [1.807, 2.05) is 0 Å². The summed E-state index contributed by atoms with van der Waals surface area (Å²) in [6.45, 7) is -0.647. The molecule has 1 amide bonds. The quantitative estimate of drug-likeness (QED) is 0.373. The molecule has 13 heteroatoms. The predicted octanol–water partition coefficient (Wildman–Crippen LogP) is 1.92. The zero-order valence-corrected chi connectivity index (χ0v) is 20.6. The first-order valence-electron chi connectivity index (χ1n) is 10.8. The van der Waals surface area contributed by atoms with Crippen LogP contribution >= 0.6 is 11.6 Å². The maximum atomic E-state index is 13.4. The number of nitrogens with zero attached hydrogens (tertiary/aromatic N) is 4. The molecule has 0 radical (unpaired) electrons. The van der Waals surface area contributed by atoms with Gasteiger partial charge >= 0.3 is 5.97 Å². The van der Waals surface area contributed by atoms with Gasteiger partial charge in [0.2, 0.25) is 5.91 Å². The summed E-state index contributed by atoms with van der Waals surface area (Å²) in [6.07, 6.45) is 1.34. The molecule has 0 bridgehead atoms. The Bertz CT molecular complexity index is 1620. The molecule has 11 nitrogen and oxygen atoms in total. The minimum absolute atomic E-state index is 0.0528. The molecule has 186 valence electrons. The second-order valence-electron chi connectivity index (χ2n) is 8.33. The van der Waals surface area contributed by atoms with Crippen LogP contribution in [0.1, 0.15) is 5.56 Å². The molecule has 1 saturated heterocycles. The van der Waals surface area contributed by atoms with Gasteiger partial charge in [-0.05, 0) is 42.0 Å². The van der Waals surface area contributed by atoms with Crippen molar-refractivity contribution in [2.45, 2.75) is 17.6 Å². The highest BCUT2D eigenvalue weighted by molar-refractivity contribution is 7.89. The maximum absolute atomic E-state index is 13.4. The fourth-order valence-electron chi connectivity index (χ4n) is 4.26. The molecule has 36 heavy (non-hydrogen) atoms. The van der Waals surface area contributed by atoms with E-state index in [1.54, 1.807) is 36.4 Å². The summed E-state index contributed by atoms with van der Waals surface area (Å²) < 4.78 is 32.7. The smallest absolute Gasteiger partial charge is 0.329 e. The first-order valence-corrected chi connectivity index (χ1v) is 12.6. The number of anilines is 1. The van der Waals surface area contributed by atoms with E-state index in [9.17, 15) is 18.0 Å². The fourth-order valence-corrected chi connectivity index (χ4v) is 5.86. The third-order valence-electron chi connectivity index (χ3n) is 6.12. The summed E-state index contributed by atoms with van der Waals surface area (Å²) in [5, 5.41) is 1.63. The van der Waals surface area contributed by atoms with Gasteiger partial charge in [0, 0.05) is 34.4 Å². The van der Waals surface area contributed by atoms with Crippen LogP contribution < -0.4 is 5.73 Å². The zero-order valence-electron chi connectivity index (χ0n) is 19.0. The van der Waals surface area contributed by atoms with E-state index in [1.165, 1.54) is 24.4 Å². The van der Waals surface area contributed by atoms with Gasteiger partial charge in [-0.3, -0.25) is 4.79 Å². The number of benzene rings is 2. The number of halogens is 1. The lowest BCUT2D eigenvalue weighted by Gasteiger charge is -2.38. The largest absolute Gasteiger partial charge is 0.467 e. The van der Waals surface area contributed by atoms with Crippen LogP contribution in [0.5, 0.6) is 0 Å². The predicted molar refractivity (Wildman–Crippen MR) is 132 cm³/mol. The number of piperazine rings is 1. The number of carbonyl (C=O) groups excluding carboxylic acids is 2. The number of fused-ring (bicyclic) bond motifs is 2. The molecule has 5 rings (SSSR count). The van der Waals surface area contributed by atoms with Gasteiger partial charge in [-0.25, -0.2) is 23.2 Å². The molecule has 1 fully saturated rings. The highest BCUT2D eigenvalue weighted by atomic mass is 35.5. The summed E-state index contributed by atoms with van der Waals surface area (Å²) in [6, 6.07) is 10.5. The third-order valence-corrected chi connectivity index (χ3v) is 8.09.